The summed E-state index contributed by atoms with van der Waals surface area (Å²) >= 11 is 0. The molecule has 0 bridgehead atoms. The quantitative estimate of drug-likeness (QED) is 0.138. The van der Waals surface area contributed by atoms with E-state index in [1.807, 2.05) is 0 Å². The monoisotopic (exact) mass is 795 g/mol. The molecular formula is C57H53N3O. The molecule has 3 N–H and O–H groups in total. The van der Waals surface area contributed by atoms with Crippen LogP contribution in [-0.2, 0) is 4.74 Å². The number of allylic oxidation sites excluding steroid dienone is 10. The molecular weight excluding hydrogens is 743 g/mol. The van der Waals surface area contributed by atoms with Crippen molar-refractivity contribution in [2.45, 2.75) is 50.8 Å². The summed E-state index contributed by atoms with van der Waals surface area (Å²) in [5.41, 5.74) is 19.7. The zero-order valence-electron chi connectivity index (χ0n) is 34.8. The van der Waals surface area contributed by atoms with Crippen LogP contribution in [0, 0.1) is 11.8 Å². The molecule has 302 valence electrons. The smallest absolute Gasteiger partial charge is 0.147 e. The van der Waals surface area contributed by atoms with Crippen LogP contribution in [0.25, 0.3) is 33.0 Å². The standard InChI is InChI=1S/C57H53N3O/c1-39(40-21-23-42(24-22-40)41-12-3-2-4-13-41)61-57-54(38-47-15-6-8-18-53(47)56(57)58)45-27-33-49(34-28-45)60(50-35-29-46(30-36-50)55-20-9-10-37-59-55)48-31-25-44(26-32-48)52-19-11-16-43-14-5-7-17-51(43)52/h2-9,11-17,19-29,31,33-36,38-39,46,48,53,55,59H,10,18,30,32,37,58H2,1H3. The average molecular weight is 796 g/mol. The summed E-state index contributed by atoms with van der Waals surface area (Å²) in [5.74, 6) is 1.32. The van der Waals surface area contributed by atoms with Crippen LogP contribution >= 0.6 is 0 Å². The molecule has 5 unspecified atom stereocenters. The van der Waals surface area contributed by atoms with Crippen molar-refractivity contribution < 1.29 is 4.74 Å². The number of anilines is 1. The van der Waals surface area contributed by atoms with Crippen LogP contribution in [0.5, 0.6) is 0 Å². The van der Waals surface area contributed by atoms with Crippen molar-refractivity contribution in [3.05, 3.63) is 234 Å². The van der Waals surface area contributed by atoms with Gasteiger partial charge in [-0.15, -0.1) is 0 Å². The summed E-state index contributed by atoms with van der Waals surface area (Å²) in [7, 11) is 0. The molecule has 1 heterocycles. The van der Waals surface area contributed by atoms with Gasteiger partial charge in [-0.3, -0.25) is 0 Å². The van der Waals surface area contributed by atoms with E-state index < -0.39 is 0 Å². The zero-order valence-corrected chi connectivity index (χ0v) is 34.8. The van der Waals surface area contributed by atoms with Crippen molar-refractivity contribution in [1.82, 2.24) is 5.32 Å². The van der Waals surface area contributed by atoms with Gasteiger partial charge in [-0.1, -0.05) is 170 Å². The first-order valence-electron chi connectivity index (χ1n) is 22.0. The first-order valence-corrected chi connectivity index (χ1v) is 22.0. The second-order valence-corrected chi connectivity index (χ2v) is 16.8. The summed E-state index contributed by atoms with van der Waals surface area (Å²) < 4.78 is 6.93. The highest BCUT2D eigenvalue weighted by atomic mass is 16.5. The van der Waals surface area contributed by atoms with E-state index in [0.717, 1.165) is 66.1 Å². The number of nitrogens with two attached hydrogens (primary N) is 1. The number of hydrogen-bond acceptors (Lipinski definition) is 4. The van der Waals surface area contributed by atoms with Crippen molar-refractivity contribution in [1.29, 1.82) is 0 Å². The lowest BCUT2D eigenvalue weighted by molar-refractivity contribution is 0.140. The van der Waals surface area contributed by atoms with Crippen LogP contribution in [-0.4, -0.2) is 18.6 Å². The van der Waals surface area contributed by atoms with Crippen molar-refractivity contribution in [3.8, 4) is 11.1 Å². The fourth-order valence-electron chi connectivity index (χ4n) is 9.64. The van der Waals surface area contributed by atoms with Crippen molar-refractivity contribution in [3.63, 3.8) is 0 Å². The minimum absolute atomic E-state index is 0.101. The van der Waals surface area contributed by atoms with E-state index in [-0.39, 0.29) is 18.1 Å². The van der Waals surface area contributed by atoms with Crippen molar-refractivity contribution >= 4 is 27.6 Å². The highest BCUT2D eigenvalue weighted by Crippen LogP contribution is 2.43. The highest BCUT2D eigenvalue weighted by molar-refractivity contribution is 5.96. The highest BCUT2D eigenvalue weighted by Gasteiger charge is 2.31. The Morgan fingerprint density at radius 2 is 1.51 bits per heavy atom. The minimum Gasteiger partial charge on any atom is -0.484 e. The van der Waals surface area contributed by atoms with Crippen LogP contribution in [0.3, 0.4) is 0 Å². The predicted molar refractivity (Wildman–Crippen MR) is 255 cm³/mol. The van der Waals surface area contributed by atoms with E-state index in [1.54, 1.807) is 0 Å². The van der Waals surface area contributed by atoms with Crippen molar-refractivity contribution in [2.24, 2.45) is 17.6 Å². The van der Waals surface area contributed by atoms with Gasteiger partial charge in [0, 0.05) is 28.9 Å². The lowest BCUT2D eigenvalue weighted by Crippen LogP contribution is -2.38. The second-order valence-electron chi connectivity index (χ2n) is 16.8. The summed E-state index contributed by atoms with van der Waals surface area (Å²) in [6, 6.07) is 44.1. The number of fused-ring (bicyclic) bond motifs is 2. The number of ether oxygens (including phenoxy) is 1. The average Bonchev–Trinajstić information content (AvgIpc) is 3.33. The number of hydrogen-bond donors (Lipinski definition) is 2. The molecule has 0 saturated carbocycles. The topological polar surface area (TPSA) is 50.5 Å². The van der Waals surface area contributed by atoms with Crippen LogP contribution in [0.2, 0.25) is 0 Å². The number of nitrogens with one attached hydrogen (secondary N) is 1. The molecule has 5 atom stereocenters. The van der Waals surface area contributed by atoms with Gasteiger partial charge in [-0.25, -0.2) is 0 Å². The number of nitrogens with zero attached hydrogens (tertiary/aromatic N) is 1. The largest absolute Gasteiger partial charge is 0.484 e. The Balaban J connectivity index is 0.950. The molecule has 0 spiro atoms. The van der Waals surface area contributed by atoms with E-state index in [2.05, 4.69) is 211 Å². The molecule has 0 saturated heterocycles. The van der Waals surface area contributed by atoms with Crippen molar-refractivity contribution in [2.75, 3.05) is 11.4 Å². The van der Waals surface area contributed by atoms with Gasteiger partial charge in [0.15, 0.2) is 0 Å². The first-order chi connectivity index (χ1) is 30.1. The molecule has 0 radical (unpaired) electrons. The number of rotatable bonds is 10. The van der Waals surface area contributed by atoms with Gasteiger partial charge in [0.05, 0.1) is 11.7 Å². The molecule has 0 aromatic heterocycles. The Hall–Kier alpha value is -6.62. The summed E-state index contributed by atoms with van der Waals surface area (Å²) in [6.07, 6.45) is 31.5. The third-order valence-corrected chi connectivity index (χ3v) is 13.0. The first kappa shape index (κ1) is 38.6. The maximum absolute atomic E-state index is 7.10. The minimum atomic E-state index is -0.195. The van der Waals surface area contributed by atoms with Gasteiger partial charge < -0.3 is 20.7 Å². The predicted octanol–water partition coefficient (Wildman–Crippen LogP) is 13.0. The van der Waals surface area contributed by atoms with Gasteiger partial charge >= 0.3 is 0 Å². The SMILES string of the molecule is CC(OC1=C(N)C2CC=CC=C2C=C1c1ccc(N(C2=CCC(C3C=CCCN3)C=C2)C2C=CC(c3cccc4ccccc34)=CC2)cc1)c1ccc(-c2ccccc2)cc1. The molecule has 5 aromatic rings. The lowest BCUT2D eigenvalue weighted by Gasteiger charge is -2.36. The van der Waals surface area contributed by atoms with Gasteiger partial charge in [-0.05, 0) is 119 Å². The molecule has 5 aliphatic rings. The number of benzene rings is 5. The van der Waals surface area contributed by atoms with Gasteiger partial charge in [0.25, 0.3) is 0 Å². The molecule has 4 nitrogen and oxygen atoms in total. The third kappa shape index (κ3) is 7.92. The molecule has 61 heavy (non-hydrogen) atoms. The normalized spacial score (nSPS) is 22.5. The Labute approximate surface area is 360 Å². The van der Waals surface area contributed by atoms with Crippen LogP contribution < -0.4 is 16.0 Å². The zero-order chi connectivity index (χ0) is 41.1. The van der Waals surface area contributed by atoms with Gasteiger partial charge in [0.1, 0.15) is 11.9 Å². The Kier molecular flexibility index (Phi) is 10.9. The molecule has 1 aliphatic heterocycles. The van der Waals surface area contributed by atoms with E-state index in [0.29, 0.717) is 12.0 Å². The van der Waals surface area contributed by atoms with E-state index >= 15 is 0 Å². The maximum Gasteiger partial charge on any atom is 0.147 e. The lowest BCUT2D eigenvalue weighted by atomic mass is 9.81. The summed E-state index contributed by atoms with van der Waals surface area (Å²) in [4.78, 5) is 2.52. The van der Waals surface area contributed by atoms with E-state index in [4.69, 9.17) is 10.5 Å². The van der Waals surface area contributed by atoms with E-state index in [9.17, 15) is 0 Å². The van der Waals surface area contributed by atoms with Crippen LogP contribution in [0.15, 0.2) is 217 Å². The Bertz CT molecular complexity index is 2700. The fourth-order valence-corrected chi connectivity index (χ4v) is 9.64. The van der Waals surface area contributed by atoms with Gasteiger partial charge in [-0.2, -0.15) is 0 Å². The Morgan fingerprint density at radius 1 is 0.721 bits per heavy atom. The van der Waals surface area contributed by atoms with Crippen LogP contribution in [0.4, 0.5) is 5.69 Å². The second kappa shape index (κ2) is 17.2. The molecule has 10 rings (SSSR count). The Morgan fingerprint density at radius 3 is 2.28 bits per heavy atom. The molecule has 0 amide bonds. The van der Waals surface area contributed by atoms with E-state index in [1.165, 1.54) is 44.3 Å². The fraction of sp³-hybridized carbons (Fsp3) is 0.193. The third-order valence-electron chi connectivity index (χ3n) is 13.0. The molecule has 4 aliphatic carbocycles. The maximum atomic E-state index is 7.10. The molecule has 0 fully saturated rings. The molecule has 4 heteroatoms. The molecule has 5 aromatic carbocycles. The summed E-state index contributed by atoms with van der Waals surface area (Å²) in [5, 5.41) is 6.27. The van der Waals surface area contributed by atoms with Crippen LogP contribution in [0.1, 0.15) is 55.4 Å². The van der Waals surface area contributed by atoms with Gasteiger partial charge in [0.2, 0.25) is 0 Å². The summed E-state index contributed by atoms with van der Waals surface area (Å²) in [6.45, 7) is 3.16.